The van der Waals surface area contributed by atoms with Crippen LogP contribution in [0.3, 0.4) is 0 Å². The van der Waals surface area contributed by atoms with Crippen LogP contribution in [0.25, 0.3) is 17.3 Å². The van der Waals surface area contributed by atoms with Gasteiger partial charge in [0.2, 0.25) is 11.7 Å². The first-order valence-corrected chi connectivity index (χ1v) is 12.5. The second kappa shape index (κ2) is 11.5. The van der Waals surface area contributed by atoms with E-state index in [9.17, 15) is 18.0 Å². The van der Waals surface area contributed by atoms with Crippen molar-refractivity contribution in [3.63, 3.8) is 0 Å². The van der Waals surface area contributed by atoms with Gasteiger partial charge in [-0.3, -0.25) is 9.36 Å². The van der Waals surface area contributed by atoms with E-state index >= 15 is 0 Å². The number of nitrogens with zero attached hydrogens (tertiary/aromatic N) is 3. The number of benzene rings is 2. The SMILES string of the molecule is CC(NC(=O)CCCCSc1nnc(-c2ccco2)n1-c1cccc(C(F)(F)F)c1)c1ccccc1. The van der Waals surface area contributed by atoms with Gasteiger partial charge in [-0.2, -0.15) is 13.2 Å². The molecule has 2 heterocycles. The zero-order chi connectivity index (χ0) is 25.5. The highest BCUT2D eigenvalue weighted by molar-refractivity contribution is 7.99. The molecule has 1 N–H and O–H groups in total. The number of carbonyl (C=O) groups excluding carboxylic acids is 1. The van der Waals surface area contributed by atoms with Crippen LogP contribution >= 0.6 is 11.8 Å². The average molecular weight is 515 g/mol. The molecule has 10 heteroatoms. The first kappa shape index (κ1) is 25.6. The van der Waals surface area contributed by atoms with Crippen LogP contribution in [0, 0.1) is 0 Å². The predicted octanol–water partition coefficient (Wildman–Crippen LogP) is 6.69. The number of halogens is 3. The van der Waals surface area contributed by atoms with E-state index < -0.39 is 11.7 Å². The van der Waals surface area contributed by atoms with Crippen molar-refractivity contribution in [2.24, 2.45) is 0 Å². The van der Waals surface area contributed by atoms with Gasteiger partial charge in [0.1, 0.15) is 0 Å². The molecule has 0 radical (unpaired) electrons. The number of rotatable bonds is 10. The number of hydrogen-bond acceptors (Lipinski definition) is 5. The minimum absolute atomic E-state index is 0.0245. The molecule has 0 saturated heterocycles. The highest BCUT2D eigenvalue weighted by atomic mass is 32.2. The Morgan fingerprint density at radius 2 is 1.86 bits per heavy atom. The van der Waals surface area contributed by atoms with Crippen molar-refractivity contribution < 1.29 is 22.4 Å². The van der Waals surface area contributed by atoms with Crippen LogP contribution in [0.4, 0.5) is 13.2 Å². The van der Waals surface area contributed by atoms with Crippen molar-refractivity contribution in [3.05, 3.63) is 84.1 Å². The molecule has 0 spiro atoms. The number of aromatic nitrogens is 3. The maximum absolute atomic E-state index is 13.3. The van der Waals surface area contributed by atoms with Gasteiger partial charge in [-0.05, 0) is 55.7 Å². The average Bonchev–Trinajstić information content (AvgIpc) is 3.54. The smallest absolute Gasteiger partial charge is 0.416 e. The van der Waals surface area contributed by atoms with Crippen molar-refractivity contribution in [2.75, 3.05) is 5.75 Å². The predicted molar refractivity (Wildman–Crippen MR) is 132 cm³/mol. The number of alkyl halides is 3. The van der Waals surface area contributed by atoms with Crippen molar-refractivity contribution >= 4 is 17.7 Å². The van der Waals surface area contributed by atoms with Gasteiger partial charge in [0.25, 0.3) is 0 Å². The Labute approximate surface area is 210 Å². The molecular formula is C26H25F3N4O2S. The Morgan fingerprint density at radius 1 is 1.06 bits per heavy atom. The quantitative estimate of drug-likeness (QED) is 0.189. The van der Waals surface area contributed by atoms with Crippen LogP contribution in [0.2, 0.25) is 0 Å². The lowest BCUT2D eigenvalue weighted by atomic mass is 10.1. The fourth-order valence-electron chi connectivity index (χ4n) is 3.67. The maximum atomic E-state index is 13.3. The zero-order valence-electron chi connectivity index (χ0n) is 19.5. The van der Waals surface area contributed by atoms with Crippen LogP contribution in [0.15, 0.2) is 82.6 Å². The number of thioether (sulfide) groups is 1. The molecule has 2 aromatic heterocycles. The molecule has 36 heavy (non-hydrogen) atoms. The summed E-state index contributed by atoms with van der Waals surface area (Å²) in [6, 6.07) is 18.1. The van der Waals surface area contributed by atoms with Crippen molar-refractivity contribution in [1.29, 1.82) is 0 Å². The van der Waals surface area contributed by atoms with E-state index in [-0.39, 0.29) is 17.6 Å². The Hall–Kier alpha value is -3.53. The standard InChI is InChI=1S/C26H25F3N4O2S/c1-18(19-9-3-2-4-10-19)30-23(34)14-5-6-16-36-25-32-31-24(22-13-8-15-35-22)33(25)21-12-7-11-20(17-21)26(27,28)29/h2-4,7-13,15,17-18H,5-6,14,16H2,1H3,(H,30,34). The molecule has 1 amide bonds. The normalized spacial score (nSPS) is 12.4. The minimum Gasteiger partial charge on any atom is -0.461 e. The monoisotopic (exact) mass is 514 g/mol. The molecular weight excluding hydrogens is 489 g/mol. The summed E-state index contributed by atoms with van der Waals surface area (Å²) in [7, 11) is 0. The lowest BCUT2D eigenvalue weighted by molar-refractivity contribution is -0.137. The van der Waals surface area contributed by atoms with Crippen LogP contribution < -0.4 is 5.32 Å². The van der Waals surface area contributed by atoms with Crippen LogP contribution in [-0.4, -0.2) is 26.4 Å². The van der Waals surface area contributed by atoms with E-state index in [0.717, 1.165) is 24.1 Å². The highest BCUT2D eigenvalue weighted by Crippen LogP contribution is 2.33. The molecule has 1 unspecified atom stereocenters. The Balaban J connectivity index is 1.39. The van der Waals surface area contributed by atoms with Crippen LogP contribution in [0.5, 0.6) is 0 Å². The van der Waals surface area contributed by atoms with E-state index in [4.69, 9.17) is 4.42 Å². The first-order chi connectivity index (χ1) is 17.3. The third kappa shape index (κ3) is 6.37. The van der Waals surface area contributed by atoms with E-state index in [2.05, 4.69) is 15.5 Å². The maximum Gasteiger partial charge on any atom is 0.416 e. The second-order valence-electron chi connectivity index (χ2n) is 8.17. The number of amides is 1. The third-order valence-electron chi connectivity index (χ3n) is 5.51. The molecule has 4 aromatic rings. The third-order valence-corrected chi connectivity index (χ3v) is 6.53. The van der Waals surface area contributed by atoms with E-state index in [0.29, 0.717) is 35.3 Å². The van der Waals surface area contributed by atoms with Gasteiger partial charge in [-0.25, -0.2) is 0 Å². The zero-order valence-corrected chi connectivity index (χ0v) is 20.4. The summed E-state index contributed by atoms with van der Waals surface area (Å²) in [6.07, 6.45) is -1.22. The van der Waals surface area contributed by atoms with Crippen LogP contribution in [-0.2, 0) is 11.0 Å². The second-order valence-corrected chi connectivity index (χ2v) is 9.23. The van der Waals surface area contributed by atoms with Gasteiger partial charge >= 0.3 is 6.18 Å². The number of unbranched alkanes of at least 4 members (excludes halogenated alkanes) is 1. The number of furan rings is 1. The van der Waals surface area contributed by atoms with E-state index in [1.807, 2.05) is 37.3 Å². The van der Waals surface area contributed by atoms with Gasteiger partial charge in [0.05, 0.1) is 23.6 Å². The summed E-state index contributed by atoms with van der Waals surface area (Å²) >= 11 is 1.37. The van der Waals surface area contributed by atoms with Crippen molar-refractivity contribution in [3.8, 4) is 17.3 Å². The summed E-state index contributed by atoms with van der Waals surface area (Å²) in [6.45, 7) is 1.94. The molecule has 0 bridgehead atoms. The van der Waals surface area contributed by atoms with Gasteiger partial charge in [-0.15, -0.1) is 10.2 Å². The Morgan fingerprint density at radius 3 is 2.58 bits per heavy atom. The Kier molecular flexibility index (Phi) is 8.14. The molecule has 0 saturated carbocycles. The largest absolute Gasteiger partial charge is 0.461 e. The van der Waals surface area contributed by atoms with Crippen LogP contribution in [0.1, 0.15) is 43.4 Å². The van der Waals surface area contributed by atoms with Crippen molar-refractivity contribution in [2.45, 2.75) is 43.6 Å². The number of hydrogen-bond donors (Lipinski definition) is 1. The van der Waals surface area contributed by atoms with Gasteiger partial charge in [0.15, 0.2) is 10.9 Å². The molecule has 6 nitrogen and oxygen atoms in total. The molecule has 0 aliphatic rings. The Bertz CT molecular complexity index is 1270. The highest BCUT2D eigenvalue weighted by Gasteiger charge is 2.31. The summed E-state index contributed by atoms with van der Waals surface area (Å²) in [5.41, 5.74) is 0.575. The van der Waals surface area contributed by atoms with E-state index in [1.165, 1.54) is 24.1 Å². The first-order valence-electron chi connectivity index (χ1n) is 11.5. The fourth-order valence-corrected chi connectivity index (χ4v) is 4.62. The van der Waals surface area contributed by atoms with Crippen molar-refractivity contribution in [1.82, 2.24) is 20.1 Å². The molecule has 2 aromatic carbocycles. The number of carbonyl (C=O) groups is 1. The molecule has 0 fully saturated rings. The number of nitrogens with one attached hydrogen (secondary N) is 1. The lowest BCUT2D eigenvalue weighted by Crippen LogP contribution is -2.26. The minimum atomic E-state index is -4.47. The lowest BCUT2D eigenvalue weighted by Gasteiger charge is -2.14. The summed E-state index contributed by atoms with van der Waals surface area (Å²) in [5.74, 6) is 1.31. The topological polar surface area (TPSA) is 73.0 Å². The fraction of sp³-hybridized carbons (Fsp3) is 0.269. The van der Waals surface area contributed by atoms with Gasteiger partial charge in [-0.1, -0.05) is 48.2 Å². The molecule has 0 aliphatic carbocycles. The molecule has 1 atom stereocenters. The molecule has 188 valence electrons. The van der Waals surface area contributed by atoms with Gasteiger partial charge in [0, 0.05) is 12.2 Å². The van der Waals surface area contributed by atoms with E-state index in [1.54, 1.807) is 22.8 Å². The van der Waals surface area contributed by atoms with Gasteiger partial charge < -0.3 is 9.73 Å². The summed E-state index contributed by atoms with van der Waals surface area (Å²) in [5, 5.41) is 11.8. The molecule has 4 rings (SSSR count). The summed E-state index contributed by atoms with van der Waals surface area (Å²) in [4.78, 5) is 12.3. The molecule has 0 aliphatic heterocycles. The summed E-state index contributed by atoms with van der Waals surface area (Å²) < 4.78 is 46.9.